The first-order chi connectivity index (χ1) is 15.0. The van der Waals surface area contributed by atoms with Crippen molar-refractivity contribution in [3.8, 4) is 17.1 Å². The van der Waals surface area contributed by atoms with E-state index in [0.29, 0.717) is 16.5 Å². The molecule has 2 N–H and O–H groups in total. The van der Waals surface area contributed by atoms with Crippen molar-refractivity contribution in [2.24, 2.45) is 0 Å². The van der Waals surface area contributed by atoms with Crippen molar-refractivity contribution >= 4 is 34.0 Å². The van der Waals surface area contributed by atoms with Crippen LogP contribution in [-0.4, -0.2) is 24.7 Å². The van der Waals surface area contributed by atoms with Gasteiger partial charge in [0.15, 0.2) is 11.5 Å². The zero-order valence-corrected chi connectivity index (χ0v) is 17.2. The van der Waals surface area contributed by atoms with Crippen LogP contribution in [0.25, 0.3) is 28.1 Å². The van der Waals surface area contributed by atoms with Crippen molar-refractivity contribution in [3.05, 3.63) is 82.8 Å². The van der Waals surface area contributed by atoms with Crippen LogP contribution in [-0.2, 0) is 6.54 Å². The first-order valence-corrected chi connectivity index (χ1v) is 10.0. The van der Waals surface area contributed by atoms with E-state index in [4.69, 9.17) is 11.6 Å². The molecule has 0 saturated carbocycles. The molecule has 3 aromatic carbocycles. The van der Waals surface area contributed by atoms with Gasteiger partial charge in [-0.2, -0.15) is 0 Å². The van der Waals surface area contributed by atoms with E-state index >= 15 is 0 Å². The molecule has 0 radical (unpaired) electrons. The average Bonchev–Trinajstić information content (AvgIpc) is 3.20. The molecule has 0 unspecified atom stereocenters. The summed E-state index contributed by atoms with van der Waals surface area (Å²) in [5, 5.41) is 22.4. The Labute approximate surface area is 182 Å². The molecular formula is C23H17ClFN5O. The van der Waals surface area contributed by atoms with Crippen LogP contribution in [0.15, 0.2) is 60.7 Å². The topological polar surface area (TPSA) is 75.3 Å². The molecule has 0 aliphatic rings. The monoisotopic (exact) mass is 433 g/mol. The number of fused-ring (bicyclic) bond motifs is 3. The Morgan fingerprint density at radius 3 is 2.71 bits per heavy atom. The minimum atomic E-state index is -0.465. The van der Waals surface area contributed by atoms with E-state index < -0.39 is 5.82 Å². The van der Waals surface area contributed by atoms with Crippen LogP contribution in [0.4, 0.5) is 10.1 Å². The van der Waals surface area contributed by atoms with Gasteiger partial charge >= 0.3 is 0 Å². The van der Waals surface area contributed by atoms with Gasteiger partial charge in [-0.15, -0.1) is 10.2 Å². The van der Waals surface area contributed by atoms with Gasteiger partial charge in [-0.05, 0) is 49.4 Å². The Morgan fingerprint density at radius 1 is 1.06 bits per heavy atom. The quantitative estimate of drug-likeness (QED) is 0.399. The van der Waals surface area contributed by atoms with E-state index in [1.807, 2.05) is 53.8 Å². The van der Waals surface area contributed by atoms with Crippen molar-refractivity contribution in [2.75, 3.05) is 5.32 Å². The average molecular weight is 434 g/mol. The molecule has 0 atom stereocenters. The number of benzene rings is 3. The molecule has 0 aliphatic heterocycles. The lowest BCUT2D eigenvalue weighted by Gasteiger charge is -2.12. The van der Waals surface area contributed by atoms with E-state index in [1.165, 1.54) is 18.2 Å². The Bertz CT molecular complexity index is 1430. The molecule has 2 aromatic heterocycles. The number of anilines is 1. The van der Waals surface area contributed by atoms with Crippen LogP contribution in [0.1, 0.15) is 11.3 Å². The zero-order chi connectivity index (χ0) is 21.5. The summed E-state index contributed by atoms with van der Waals surface area (Å²) in [4.78, 5) is 4.64. The summed E-state index contributed by atoms with van der Waals surface area (Å²) < 4.78 is 16.0. The van der Waals surface area contributed by atoms with Crippen LogP contribution in [0.5, 0.6) is 5.75 Å². The van der Waals surface area contributed by atoms with Gasteiger partial charge in [0, 0.05) is 23.4 Å². The van der Waals surface area contributed by atoms with Crippen molar-refractivity contribution in [2.45, 2.75) is 13.5 Å². The number of phenolic OH excluding ortho intramolecular Hbond substituents is 1. The van der Waals surface area contributed by atoms with Gasteiger partial charge in [0.25, 0.3) is 0 Å². The van der Waals surface area contributed by atoms with Gasteiger partial charge < -0.3 is 10.4 Å². The molecule has 0 saturated heterocycles. The number of hydrogen-bond donors (Lipinski definition) is 2. The predicted octanol–water partition coefficient (Wildman–Crippen LogP) is 5.36. The van der Waals surface area contributed by atoms with Gasteiger partial charge in [0.1, 0.15) is 11.6 Å². The van der Waals surface area contributed by atoms with Gasteiger partial charge in [0.2, 0.25) is 0 Å². The molecule has 5 rings (SSSR count). The summed E-state index contributed by atoms with van der Waals surface area (Å²) in [6.45, 7) is 2.01. The number of nitrogens with zero attached hydrogens (tertiary/aromatic N) is 4. The number of aryl methyl sites for hydroxylation is 1. The van der Waals surface area contributed by atoms with E-state index in [2.05, 4.69) is 20.5 Å². The molecule has 0 fully saturated rings. The third-order valence-electron chi connectivity index (χ3n) is 5.17. The zero-order valence-electron chi connectivity index (χ0n) is 16.5. The number of phenols is 1. The van der Waals surface area contributed by atoms with Crippen molar-refractivity contribution in [1.29, 1.82) is 0 Å². The number of halogens is 2. The lowest BCUT2D eigenvalue weighted by Crippen LogP contribution is -2.03. The third-order valence-corrected chi connectivity index (χ3v) is 5.50. The van der Waals surface area contributed by atoms with E-state index in [1.54, 1.807) is 0 Å². The molecule has 5 aromatic rings. The maximum absolute atomic E-state index is 14.1. The molecule has 0 aliphatic carbocycles. The Hall–Kier alpha value is -3.71. The summed E-state index contributed by atoms with van der Waals surface area (Å²) in [5.41, 5.74) is 4.62. The summed E-state index contributed by atoms with van der Waals surface area (Å²) in [7, 11) is 0. The highest BCUT2D eigenvalue weighted by molar-refractivity contribution is 6.33. The maximum Gasteiger partial charge on any atom is 0.183 e. The number of nitrogens with one attached hydrogen (secondary N) is 1. The summed E-state index contributed by atoms with van der Waals surface area (Å²) in [6, 6.07) is 17.3. The van der Waals surface area contributed by atoms with E-state index in [9.17, 15) is 9.50 Å². The molecule has 0 amide bonds. The molecule has 2 heterocycles. The van der Waals surface area contributed by atoms with Crippen molar-refractivity contribution in [3.63, 3.8) is 0 Å². The smallest absolute Gasteiger partial charge is 0.183 e. The van der Waals surface area contributed by atoms with Gasteiger partial charge in [-0.3, -0.25) is 4.40 Å². The molecule has 6 nitrogen and oxygen atoms in total. The highest BCUT2D eigenvalue weighted by Gasteiger charge is 2.17. The molecule has 31 heavy (non-hydrogen) atoms. The van der Waals surface area contributed by atoms with Crippen LogP contribution < -0.4 is 5.32 Å². The molecule has 0 spiro atoms. The van der Waals surface area contributed by atoms with Gasteiger partial charge in [-0.1, -0.05) is 29.8 Å². The maximum atomic E-state index is 14.1. The highest BCUT2D eigenvalue weighted by atomic mass is 35.5. The number of aromatic hydroxyl groups is 1. The van der Waals surface area contributed by atoms with Crippen molar-refractivity contribution < 1.29 is 9.50 Å². The fraction of sp³-hybridized carbons (Fsp3) is 0.0870. The summed E-state index contributed by atoms with van der Waals surface area (Å²) in [5.74, 6) is 0.0561. The lowest BCUT2D eigenvalue weighted by molar-refractivity contribution is 0.460. The molecular weight excluding hydrogens is 417 g/mol. The first kappa shape index (κ1) is 19.3. The fourth-order valence-corrected chi connectivity index (χ4v) is 3.83. The summed E-state index contributed by atoms with van der Waals surface area (Å²) in [6.07, 6.45) is 0. The predicted molar refractivity (Wildman–Crippen MR) is 119 cm³/mol. The van der Waals surface area contributed by atoms with Crippen LogP contribution >= 0.6 is 11.6 Å². The molecule has 8 heteroatoms. The van der Waals surface area contributed by atoms with Crippen LogP contribution in [0.3, 0.4) is 0 Å². The standard InChI is InChI=1S/C23H17ClFN5O/c1-13-22-28-29-23(15-5-2-3-6-17(15)24)30(22)20-11-14(9-10-19(20)27-13)26-12-16-18(25)7-4-8-21(16)31/h2-11,26,31H,12H2,1H3. The number of aromatic nitrogens is 4. The van der Waals surface area contributed by atoms with Crippen molar-refractivity contribution in [1.82, 2.24) is 19.6 Å². The SMILES string of the molecule is Cc1nc2ccc(NCc3c(O)cccc3F)cc2n2c(-c3ccccc3Cl)nnc12. The van der Waals surface area contributed by atoms with Crippen LogP contribution in [0.2, 0.25) is 5.02 Å². The summed E-state index contributed by atoms with van der Waals surface area (Å²) >= 11 is 6.42. The van der Waals surface area contributed by atoms with Gasteiger partial charge in [-0.25, -0.2) is 9.37 Å². The van der Waals surface area contributed by atoms with E-state index in [0.717, 1.165) is 28.0 Å². The lowest BCUT2D eigenvalue weighted by atomic mass is 10.1. The molecule has 0 bridgehead atoms. The van der Waals surface area contributed by atoms with E-state index in [-0.39, 0.29) is 17.9 Å². The Kier molecular flexibility index (Phi) is 4.67. The Balaban J connectivity index is 1.64. The third kappa shape index (κ3) is 3.33. The number of hydrogen-bond acceptors (Lipinski definition) is 5. The normalized spacial score (nSPS) is 11.3. The second-order valence-corrected chi connectivity index (χ2v) is 7.56. The first-order valence-electron chi connectivity index (χ1n) is 9.63. The minimum absolute atomic E-state index is 0.0900. The van der Waals surface area contributed by atoms with Gasteiger partial charge in [0.05, 0.1) is 21.7 Å². The molecule has 154 valence electrons. The minimum Gasteiger partial charge on any atom is -0.507 e. The number of rotatable bonds is 4. The highest BCUT2D eigenvalue weighted by Crippen LogP contribution is 2.30. The fourth-order valence-electron chi connectivity index (χ4n) is 3.61. The Morgan fingerprint density at radius 2 is 1.90 bits per heavy atom. The largest absolute Gasteiger partial charge is 0.507 e. The second-order valence-electron chi connectivity index (χ2n) is 7.15. The van der Waals surface area contributed by atoms with Crippen LogP contribution in [0, 0.1) is 12.7 Å². The second kappa shape index (κ2) is 7.52.